The van der Waals surface area contributed by atoms with Gasteiger partial charge in [0.05, 0.1) is 12.5 Å². The molecular formula is C18H20N4O4. The molecule has 0 N–H and O–H groups in total. The Morgan fingerprint density at radius 1 is 1.23 bits per heavy atom. The van der Waals surface area contributed by atoms with Crippen molar-refractivity contribution in [2.24, 2.45) is 0 Å². The fourth-order valence-electron chi connectivity index (χ4n) is 3.59. The van der Waals surface area contributed by atoms with Crippen molar-refractivity contribution >= 4 is 12.0 Å². The molecule has 0 radical (unpaired) electrons. The Hall–Kier alpha value is -2.90. The number of nitrogens with zero attached hydrogens (tertiary/aromatic N) is 4. The van der Waals surface area contributed by atoms with Gasteiger partial charge in [0.15, 0.2) is 5.82 Å². The largest absolute Gasteiger partial charge is 0.448 e. The zero-order valence-corrected chi connectivity index (χ0v) is 14.5. The van der Waals surface area contributed by atoms with E-state index in [1.54, 1.807) is 11.8 Å². The van der Waals surface area contributed by atoms with E-state index >= 15 is 0 Å². The third kappa shape index (κ3) is 3.14. The Kier molecular flexibility index (Phi) is 4.32. The van der Waals surface area contributed by atoms with Crippen molar-refractivity contribution in [1.29, 1.82) is 0 Å². The molecule has 1 aromatic heterocycles. The molecule has 3 heterocycles. The normalized spacial score (nSPS) is 22.7. The van der Waals surface area contributed by atoms with Crippen LogP contribution >= 0.6 is 0 Å². The number of likely N-dealkylation sites (tertiary alicyclic amines) is 1. The molecule has 0 unspecified atom stereocenters. The van der Waals surface area contributed by atoms with Crippen LogP contribution in [-0.2, 0) is 9.53 Å². The molecule has 2 amide bonds. The molecule has 0 aliphatic carbocycles. The van der Waals surface area contributed by atoms with Gasteiger partial charge in [0, 0.05) is 19.0 Å². The summed E-state index contributed by atoms with van der Waals surface area (Å²) >= 11 is 0. The molecule has 0 bridgehead atoms. The molecule has 2 atom stereocenters. The monoisotopic (exact) mass is 356 g/mol. The van der Waals surface area contributed by atoms with Crippen molar-refractivity contribution < 1.29 is 18.8 Å². The fraction of sp³-hybridized carbons (Fsp3) is 0.444. The van der Waals surface area contributed by atoms with E-state index in [9.17, 15) is 9.59 Å². The van der Waals surface area contributed by atoms with Gasteiger partial charge in [0.25, 0.3) is 0 Å². The summed E-state index contributed by atoms with van der Waals surface area (Å²) in [7, 11) is 0. The van der Waals surface area contributed by atoms with Crippen molar-refractivity contribution in [1.82, 2.24) is 19.9 Å². The van der Waals surface area contributed by atoms with Gasteiger partial charge in [0.1, 0.15) is 13.2 Å². The Morgan fingerprint density at radius 3 is 2.65 bits per heavy atom. The number of rotatable bonds is 4. The number of amides is 2. The first-order valence-electron chi connectivity index (χ1n) is 8.66. The van der Waals surface area contributed by atoms with Crippen molar-refractivity contribution in [3.8, 4) is 0 Å². The number of benzene rings is 1. The van der Waals surface area contributed by atoms with Crippen LogP contribution in [0.1, 0.15) is 29.1 Å². The smallest absolute Gasteiger partial charge is 0.410 e. The standard InChI is InChI=1S/C18H20N4O4/c1-12-19-17(26-20-12)15-10-22(9-14(15)13-5-3-2-4-6-13)16(23)11-21-7-8-25-18(21)24/h2-6,14-15H,7-11H2,1H3/t14-,15+/m1/s1. The maximum atomic E-state index is 12.7. The minimum atomic E-state index is -0.429. The number of carbonyl (C=O) groups excluding carboxylic acids is 2. The summed E-state index contributed by atoms with van der Waals surface area (Å²) in [4.78, 5) is 31.9. The Labute approximate surface area is 150 Å². The highest BCUT2D eigenvalue weighted by atomic mass is 16.6. The van der Waals surface area contributed by atoms with Gasteiger partial charge in [-0.15, -0.1) is 0 Å². The fourth-order valence-corrected chi connectivity index (χ4v) is 3.59. The number of hydrogen-bond acceptors (Lipinski definition) is 6. The molecule has 0 spiro atoms. The second-order valence-electron chi connectivity index (χ2n) is 6.64. The van der Waals surface area contributed by atoms with E-state index in [0.29, 0.717) is 38.0 Å². The molecule has 2 aromatic rings. The average Bonchev–Trinajstić information content (AvgIpc) is 3.36. The van der Waals surface area contributed by atoms with E-state index in [2.05, 4.69) is 10.1 Å². The summed E-state index contributed by atoms with van der Waals surface area (Å²) in [5.41, 5.74) is 1.13. The lowest BCUT2D eigenvalue weighted by molar-refractivity contribution is -0.130. The van der Waals surface area contributed by atoms with Crippen LogP contribution in [-0.4, -0.2) is 64.7 Å². The third-order valence-corrected chi connectivity index (χ3v) is 4.93. The Balaban J connectivity index is 1.54. The molecule has 1 aromatic carbocycles. The van der Waals surface area contributed by atoms with Crippen LogP contribution in [0.25, 0.3) is 0 Å². The summed E-state index contributed by atoms with van der Waals surface area (Å²) < 4.78 is 10.3. The van der Waals surface area contributed by atoms with Gasteiger partial charge in [-0.05, 0) is 12.5 Å². The highest BCUT2D eigenvalue weighted by molar-refractivity contribution is 5.83. The van der Waals surface area contributed by atoms with E-state index in [0.717, 1.165) is 5.56 Å². The first kappa shape index (κ1) is 16.6. The molecule has 26 heavy (non-hydrogen) atoms. The van der Waals surface area contributed by atoms with Gasteiger partial charge in [0.2, 0.25) is 11.8 Å². The molecule has 136 valence electrons. The second-order valence-corrected chi connectivity index (χ2v) is 6.64. The van der Waals surface area contributed by atoms with E-state index in [4.69, 9.17) is 9.26 Å². The van der Waals surface area contributed by atoms with Crippen LogP contribution in [0.15, 0.2) is 34.9 Å². The summed E-state index contributed by atoms with van der Waals surface area (Å²) in [6.07, 6.45) is -0.429. The number of ether oxygens (including phenoxy) is 1. The highest BCUT2D eigenvalue weighted by Crippen LogP contribution is 2.39. The SMILES string of the molecule is Cc1noc([C@H]2CN(C(=O)CN3CCOC3=O)C[C@@H]2c2ccccc2)n1. The molecule has 2 fully saturated rings. The lowest BCUT2D eigenvalue weighted by Crippen LogP contribution is -2.39. The van der Waals surface area contributed by atoms with Crippen LogP contribution in [0.3, 0.4) is 0 Å². The summed E-state index contributed by atoms with van der Waals surface area (Å²) in [6, 6.07) is 10.0. The predicted molar refractivity (Wildman–Crippen MR) is 90.5 cm³/mol. The van der Waals surface area contributed by atoms with Crippen LogP contribution < -0.4 is 0 Å². The van der Waals surface area contributed by atoms with Gasteiger partial charge in [-0.25, -0.2) is 4.79 Å². The second kappa shape index (κ2) is 6.78. The van der Waals surface area contributed by atoms with E-state index in [1.807, 2.05) is 30.3 Å². The quantitative estimate of drug-likeness (QED) is 0.826. The van der Waals surface area contributed by atoms with Gasteiger partial charge < -0.3 is 14.2 Å². The molecule has 8 nitrogen and oxygen atoms in total. The van der Waals surface area contributed by atoms with Crippen LogP contribution in [0.4, 0.5) is 4.79 Å². The Morgan fingerprint density at radius 2 is 2.00 bits per heavy atom. The van der Waals surface area contributed by atoms with Crippen molar-refractivity contribution in [3.63, 3.8) is 0 Å². The van der Waals surface area contributed by atoms with Crippen LogP contribution in [0.5, 0.6) is 0 Å². The van der Waals surface area contributed by atoms with Gasteiger partial charge in [-0.3, -0.25) is 9.69 Å². The zero-order chi connectivity index (χ0) is 18.1. The van der Waals surface area contributed by atoms with Crippen molar-refractivity contribution in [2.75, 3.05) is 32.8 Å². The highest BCUT2D eigenvalue weighted by Gasteiger charge is 2.40. The number of aromatic nitrogens is 2. The molecular weight excluding hydrogens is 336 g/mol. The number of carbonyl (C=O) groups is 2. The maximum absolute atomic E-state index is 12.7. The van der Waals surface area contributed by atoms with Crippen LogP contribution in [0.2, 0.25) is 0 Å². The molecule has 0 saturated carbocycles. The summed E-state index contributed by atoms with van der Waals surface area (Å²) in [6.45, 7) is 3.65. The van der Waals surface area contributed by atoms with E-state index in [-0.39, 0.29) is 24.3 Å². The first-order valence-corrected chi connectivity index (χ1v) is 8.66. The molecule has 4 rings (SSSR count). The minimum absolute atomic E-state index is 0.0376. The summed E-state index contributed by atoms with van der Waals surface area (Å²) in [5, 5.41) is 3.89. The van der Waals surface area contributed by atoms with Crippen molar-refractivity contribution in [2.45, 2.75) is 18.8 Å². The van der Waals surface area contributed by atoms with Gasteiger partial charge in [-0.1, -0.05) is 35.5 Å². The molecule has 8 heteroatoms. The Bertz CT molecular complexity index is 807. The summed E-state index contributed by atoms with van der Waals surface area (Å²) in [5.74, 6) is 1.05. The zero-order valence-electron chi connectivity index (χ0n) is 14.5. The predicted octanol–water partition coefficient (Wildman–Crippen LogP) is 1.54. The maximum Gasteiger partial charge on any atom is 0.410 e. The average molecular weight is 356 g/mol. The lowest BCUT2D eigenvalue weighted by Gasteiger charge is -2.19. The van der Waals surface area contributed by atoms with Crippen molar-refractivity contribution in [3.05, 3.63) is 47.6 Å². The van der Waals surface area contributed by atoms with Gasteiger partial charge in [-0.2, -0.15) is 4.98 Å². The van der Waals surface area contributed by atoms with Gasteiger partial charge >= 0.3 is 6.09 Å². The molecule has 2 aliphatic heterocycles. The topological polar surface area (TPSA) is 88.8 Å². The minimum Gasteiger partial charge on any atom is -0.448 e. The number of hydrogen-bond donors (Lipinski definition) is 0. The number of cyclic esters (lactones) is 1. The van der Waals surface area contributed by atoms with E-state index in [1.165, 1.54) is 4.90 Å². The van der Waals surface area contributed by atoms with E-state index < -0.39 is 6.09 Å². The lowest BCUT2D eigenvalue weighted by atomic mass is 9.89. The molecule has 2 saturated heterocycles. The first-order chi connectivity index (χ1) is 12.6. The number of aryl methyl sites for hydroxylation is 1. The molecule has 2 aliphatic rings. The van der Waals surface area contributed by atoms with Crippen LogP contribution in [0, 0.1) is 6.92 Å². The third-order valence-electron chi connectivity index (χ3n) is 4.93.